The average Bonchev–Trinajstić information content (AvgIpc) is 3.10. The van der Waals surface area contributed by atoms with Crippen molar-refractivity contribution in [1.82, 2.24) is 0 Å². The molecule has 2 aliphatic rings. The second-order valence-electron chi connectivity index (χ2n) is 6.39. The first-order chi connectivity index (χ1) is 10.2. The lowest BCUT2D eigenvalue weighted by Crippen LogP contribution is -2.20. The smallest absolute Gasteiger partial charge is 0.0490 e. The van der Waals surface area contributed by atoms with Crippen LogP contribution >= 0.6 is 23.1 Å². The number of unbranched alkanes of at least 4 members (excludes halogenated alkanes) is 5. The number of thiophene rings is 1. The van der Waals surface area contributed by atoms with Crippen LogP contribution in [0.4, 0.5) is 0 Å². The minimum Gasteiger partial charge on any atom is -0.142 e. The third-order valence-corrected chi connectivity index (χ3v) is 7.17. The number of aryl methyl sites for hydroxylation is 1. The Balaban J connectivity index is 1.77. The van der Waals surface area contributed by atoms with Gasteiger partial charge in [0.1, 0.15) is 0 Å². The monoisotopic (exact) mass is 318 g/mol. The van der Waals surface area contributed by atoms with E-state index in [4.69, 9.17) is 0 Å². The van der Waals surface area contributed by atoms with Crippen molar-refractivity contribution < 1.29 is 0 Å². The van der Waals surface area contributed by atoms with E-state index in [1.807, 2.05) is 11.3 Å². The molecule has 0 saturated carbocycles. The van der Waals surface area contributed by atoms with Crippen molar-refractivity contribution in [2.75, 3.05) is 5.75 Å². The molecule has 21 heavy (non-hydrogen) atoms. The predicted octanol–water partition coefficient (Wildman–Crippen LogP) is 5.14. The second kappa shape index (κ2) is 6.75. The summed E-state index contributed by atoms with van der Waals surface area (Å²) < 4.78 is 1.57. The molecule has 1 aromatic rings. The fourth-order valence-electron chi connectivity index (χ4n) is 3.54. The quantitative estimate of drug-likeness (QED) is 0.627. The van der Waals surface area contributed by atoms with Gasteiger partial charge in [-0.25, -0.2) is 0 Å². The highest BCUT2D eigenvalue weighted by atomic mass is 32.2. The van der Waals surface area contributed by atoms with Crippen molar-refractivity contribution in [1.29, 1.82) is 0 Å². The van der Waals surface area contributed by atoms with Crippen LogP contribution in [-0.4, -0.2) is 5.75 Å². The van der Waals surface area contributed by atoms with Gasteiger partial charge in [0.2, 0.25) is 0 Å². The van der Waals surface area contributed by atoms with E-state index in [1.165, 1.54) is 56.3 Å². The Morgan fingerprint density at radius 3 is 2.62 bits per heavy atom. The van der Waals surface area contributed by atoms with E-state index in [0.29, 0.717) is 0 Å². The predicted molar refractivity (Wildman–Crippen MR) is 98.3 cm³/mol. The van der Waals surface area contributed by atoms with Crippen LogP contribution in [-0.2, 0) is 0 Å². The second-order valence-corrected chi connectivity index (χ2v) is 8.26. The summed E-state index contributed by atoms with van der Waals surface area (Å²) in [5.74, 6) is 1.21. The van der Waals surface area contributed by atoms with Crippen LogP contribution in [0, 0.1) is 6.92 Å². The van der Waals surface area contributed by atoms with Crippen molar-refractivity contribution in [3.8, 4) is 0 Å². The van der Waals surface area contributed by atoms with Gasteiger partial charge < -0.3 is 0 Å². The lowest BCUT2D eigenvalue weighted by molar-refractivity contribution is 0.613. The first kappa shape index (κ1) is 15.4. The number of hydrogen-bond donors (Lipinski definition) is 0. The topological polar surface area (TPSA) is 0 Å². The Morgan fingerprint density at radius 1 is 1.05 bits per heavy atom. The molecule has 0 amide bonds. The van der Waals surface area contributed by atoms with Gasteiger partial charge in [-0.05, 0) is 48.8 Å². The molecule has 0 bridgehead atoms. The Hall–Kier alpha value is -0.470. The molecule has 2 heteroatoms. The lowest BCUT2D eigenvalue weighted by atomic mass is 9.96. The zero-order valence-corrected chi connectivity index (χ0v) is 15.2. The molecular formula is C19H26S2. The van der Waals surface area contributed by atoms with Crippen LogP contribution in [0.3, 0.4) is 0 Å². The van der Waals surface area contributed by atoms with Crippen LogP contribution in [0.25, 0.3) is 10.5 Å². The van der Waals surface area contributed by atoms with Crippen molar-refractivity contribution in [3.63, 3.8) is 0 Å². The normalized spacial score (nSPS) is 16.9. The van der Waals surface area contributed by atoms with Gasteiger partial charge in [0.15, 0.2) is 0 Å². The molecule has 0 atom stereocenters. The van der Waals surface area contributed by atoms with Gasteiger partial charge in [0, 0.05) is 20.4 Å². The van der Waals surface area contributed by atoms with Crippen LogP contribution in [0.1, 0.15) is 64.4 Å². The largest absolute Gasteiger partial charge is 0.142 e. The van der Waals surface area contributed by atoms with Crippen LogP contribution < -0.4 is 9.75 Å². The van der Waals surface area contributed by atoms with Gasteiger partial charge >= 0.3 is 0 Å². The number of rotatable bonds is 7. The Bertz CT molecular complexity index is 673. The zero-order chi connectivity index (χ0) is 14.8. The summed E-state index contributed by atoms with van der Waals surface area (Å²) in [6.07, 6.45) is 9.63. The molecule has 1 aromatic heterocycles. The van der Waals surface area contributed by atoms with Crippen LogP contribution in [0.15, 0.2) is 16.5 Å². The fraction of sp³-hybridized carbons (Fsp3) is 0.579. The summed E-state index contributed by atoms with van der Waals surface area (Å²) in [7, 11) is 0. The summed E-state index contributed by atoms with van der Waals surface area (Å²) in [5, 5.41) is 3.95. The van der Waals surface area contributed by atoms with E-state index in [2.05, 4.69) is 37.9 Å². The minimum atomic E-state index is 1.21. The Morgan fingerprint density at radius 2 is 1.81 bits per heavy atom. The molecular weight excluding hydrogens is 292 g/mol. The summed E-state index contributed by atoms with van der Waals surface area (Å²) in [6, 6.07) is 0. The molecule has 3 rings (SSSR count). The maximum absolute atomic E-state index is 2.35. The molecule has 0 aromatic carbocycles. The highest BCUT2D eigenvalue weighted by Gasteiger charge is 2.28. The minimum absolute atomic E-state index is 1.21. The summed E-state index contributed by atoms with van der Waals surface area (Å²) in [6.45, 7) is 6.92. The van der Waals surface area contributed by atoms with Gasteiger partial charge in [-0.3, -0.25) is 0 Å². The molecule has 0 nitrogen and oxygen atoms in total. The van der Waals surface area contributed by atoms with Gasteiger partial charge in [-0.15, -0.1) is 23.1 Å². The van der Waals surface area contributed by atoms with Gasteiger partial charge in [-0.1, -0.05) is 44.6 Å². The molecule has 2 heterocycles. The summed E-state index contributed by atoms with van der Waals surface area (Å²) in [5.41, 5.74) is 6.42. The number of thioether (sulfide) groups is 1. The van der Waals surface area contributed by atoms with E-state index in [0.717, 1.165) is 0 Å². The Labute approximate surface area is 137 Å². The molecule has 1 aliphatic carbocycles. The first-order valence-electron chi connectivity index (χ1n) is 8.39. The standard InChI is InChI=1S/C19H26S2/c1-4-5-6-7-8-9-10-15-16-13(2)11-20-18(16)19-17(15)14(3)12-21-19/h11H,4-10,12H2,1-3H3. The number of fused-ring (bicyclic) bond motifs is 2. The molecule has 0 fully saturated rings. The highest BCUT2D eigenvalue weighted by Crippen LogP contribution is 2.44. The van der Waals surface area contributed by atoms with E-state index in [-0.39, 0.29) is 0 Å². The van der Waals surface area contributed by atoms with E-state index < -0.39 is 0 Å². The van der Waals surface area contributed by atoms with Crippen molar-refractivity contribution in [2.24, 2.45) is 0 Å². The van der Waals surface area contributed by atoms with E-state index >= 15 is 0 Å². The van der Waals surface area contributed by atoms with Gasteiger partial charge in [0.05, 0.1) is 0 Å². The third-order valence-electron chi connectivity index (χ3n) is 4.65. The van der Waals surface area contributed by atoms with Crippen molar-refractivity contribution in [3.05, 3.63) is 31.8 Å². The fourth-order valence-corrected chi connectivity index (χ4v) is 6.06. The third kappa shape index (κ3) is 2.90. The molecule has 0 saturated heterocycles. The molecule has 0 spiro atoms. The lowest BCUT2D eigenvalue weighted by Gasteiger charge is -2.08. The Kier molecular flexibility index (Phi) is 4.96. The van der Waals surface area contributed by atoms with Crippen molar-refractivity contribution >= 4 is 33.6 Å². The van der Waals surface area contributed by atoms with Gasteiger partial charge in [-0.2, -0.15) is 0 Å². The maximum Gasteiger partial charge on any atom is 0.0490 e. The molecule has 0 N–H and O–H groups in total. The maximum atomic E-state index is 2.35. The number of hydrogen-bond acceptors (Lipinski definition) is 2. The highest BCUT2D eigenvalue weighted by molar-refractivity contribution is 8.08. The first-order valence-corrected chi connectivity index (χ1v) is 10.3. The average molecular weight is 319 g/mol. The van der Waals surface area contributed by atoms with Crippen molar-refractivity contribution in [2.45, 2.75) is 65.7 Å². The van der Waals surface area contributed by atoms with Gasteiger partial charge in [0.25, 0.3) is 0 Å². The van der Waals surface area contributed by atoms with E-state index in [1.54, 1.807) is 31.4 Å². The SMILES string of the molecule is CCCCCCCCC1=c2c(C)csc2=C2SCC(C)=C21. The van der Waals surface area contributed by atoms with Crippen LogP contribution in [0.5, 0.6) is 0 Å². The molecule has 1 aliphatic heterocycles. The molecule has 114 valence electrons. The van der Waals surface area contributed by atoms with E-state index in [9.17, 15) is 0 Å². The zero-order valence-electron chi connectivity index (χ0n) is 13.6. The summed E-state index contributed by atoms with van der Waals surface area (Å²) in [4.78, 5) is 1.60. The van der Waals surface area contributed by atoms with Crippen LogP contribution in [0.2, 0.25) is 0 Å². The molecule has 0 unspecified atom stereocenters. The summed E-state index contributed by atoms with van der Waals surface area (Å²) >= 11 is 4.02. The molecule has 0 radical (unpaired) electrons.